The Labute approximate surface area is 113 Å². The third kappa shape index (κ3) is 1.96. The van der Waals surface area contributed by atoms with Crippen LogP contribution in [0.3, 0.4) is 0 Å². The number of nitrogens with zero attached hydrogens (tertiary/aromatic N) is 3. The molecule has 19 heavy (non-hydrogen) atoms. The van der Waals surface area contributed by atoms with E-state index in [0.29, 0.717) is 23.9 Å². The van der Waals surface area contributed by atoms with Crippen LogP contribution in [0.1, 0.15) is 43.0 Å². The van der Waals surface area contributed by atoms with Gasteiger partial charge in [0.05, 0.1) is 12.2 Å². The third-order valence-electron chi connectivity index (χ3n) is 4.46. The first-order valence-electron chi connectivity index (χ1n) is 7.25. The van der Waals surface area contributed by atoms with E-state index in [1.165, 1.54) is 25.7 Å². The molecule has 2 atom stereocenters. The first kappa shape index (κ1) is 11.5. The second-order valence-electron chi connectivity index (χ2n) is 6.05. The van der Waals surface area contributed by atoms with Gasteiger partial charge in [0.15, 0.2) is 0 Å². The summed E-state index contributed by atoms with van der Waals surface area (Å²) in [6.45, 7) is 3.91. The van der Waals surface area contributed by atoms with Crippen molar-refractivity contribution >= 4 is 11.6 Å². The molecule has 4 rings (SSSR count). The molecule has 0 amide bonds. The summed E-state index contributed by atoms with van der Waals surface area (Å²) in [6, 6.07) is 0. The van der Waals surface area contributed by atoms with Crippen molar-refractivity contribution in [1.82, 2.24) is 9.97 Å². The number of aromatic nitrogens is 2. The quantitative estimate of drug-likeness (QED) is 0.875. The Bertz CT molecular complexity index is 502. The summed E-state index contributed by atoms with van der Waals surface area (Å²) in [5, 5.41) is 0. The van der Waals surface area contributed by atoms with Crippen LogP contribution < -0.4 is 10.6 Å². The van der Waals surface area contributed by atoms with Crippen LogP contribution >= 0.6 is 0 Å². The molecule has 5 nitrogen and oxygen atoms in total. The monoisotopic (exact) mass is 260 g/mol. The number of ether oxygens (including phenoxy) is 1. The maximum atomic E-state index is 6.07. The summed E-state index contributed by atoms with van der Waals surface area (Å²) in [7, 11) is 0. The lowest BCUT2D eigenvalue weighted by Crippen LogP contribution is -2.43. The Morgan fingerprint density at radius 1 is 1.11 bits per heavy atom. The molecule has 0 radical (unpaired) electrons. The van der Waals surface area contributed by atoms with Crippen LogP contribution in [0.4, 0.5) is 11.6 Å². The molecule has 1 aromatic heterocycles. The van der Waals surface area contributed by atoms with Crippen molar-refractivity contribution in [3.63, 3.8) is 0 Å². The van der Waals surface area contributed by atoms with Gasteiger partial charge < -0.3 is 15.4 Å². The highest BCUT2D eigenvalue weighted by atomic mass is 16.5. The first-order valence-corrected chi connectivity index (χ1v) is 7.25. The lowest BCUT2D eigenvalue weighted by atomic mass is 10.2. The number of anilines is 2. The van der Waals surface area contributed by atoms with E-state index in [-0.39, 0.29) is 0 Å². The van der Waals surface area contributed by atoms with Gasteiger partial charge in [-0.1, -0.05) is 0 Å². The molecule has 0 aromatic carbocycles. The molecular formula is C14H20N4O. The van der Waals surface area contributed by atoms with Crippen molar-refractivity contribution < 1.29 is 4.74 Å². The highest BCUT2D eigenvalue weighted by Crippen LogP contribution is 2.40. The molecule has 0 spiro atoms. The summed E-state index contributed by atoms with van der Waals surface area (Å²) in [5.41, 5.74) is 7.09. The second-order valence-corrected chi connectivity index (χ2v) is 6.05. The van der Waals surface area contributed by atoms with E-state index in [2.05, 4.69) is 9.88 Å². The van der Waals surface area contributed by atoms with Gasteiger partial charge in [0.1, 0.15) is 17.5 Å². The fourth-order valence-electron chi connectivity index (χ4n) is 3.16. The van der Waals surface area contributed by atoms with E-state index in [1.807, 2.05) is 6.92 Å². The SMILES string of the molecule is Cc1c(N)nc(C2CC2)nc1N1CC2CCC(C1)O2. The predicted molar refractivity (Wildman–Crippen MR) is 73.3 cm³/mol. The van der Waals surface area contributed by atoms with Crippen LogP contribution in [0, 0.1) is 6.92 Å². The highest BCUT2D eigenvalue weighted by Gasteiger charge is 2.36. The van der Waals surface area contributed by atoms with Crippen LogP contribution in [0.5, 0.6) is 0 Å². The Balaban J connectivity index is 1.69. The largest absolute Gasteiger partial charge is 0.383 e. The zero-order chi connectivity index (χ0) is 13.0. The molecule has 3 heterocycles. The Morgan fingerprint density at radius 2 is 1.79 bits per heavy atom. The van der Waals surface area contributed by atoms with Gasteiger partial charge in [0.2, 0.25) is 0 Å². The predicted octanol–water partition coefficient (Wildman–Crippen LogP) is 1.61. The van der Waals surface area contributed by atoms with Crippen molar-refractivity contribution in [3.8, 4) is 0 Å². The average molecular weight is 260 g/mol. The van der Waals surface area contributed by atoms with E-state index >= 15 is 0 Å². The molecule has 1 aromatic rings. The number of hydrogen-bond acceptors (Lipinski definition) is 5. The van der Waals surface area contributed by atoms with E-state index in [9.17, 15) is 0 Å². The molecule has 1 aliphatic carbocycles. The Morgan fingerprint density at radius 3 is 2.42 bits per heavy atom. The van der Waals surface area contributed by atoms with E-state index < -0.39 is 0 Å². The van der Waals surface area contributed by atoms with Gasteiger partial charge in [-0.05, 0) is 32.6 Å². The summed E-state index contributed by atoms with van der Waals surface area (Å²) in [4.78, 5) is 11.6. The van der Waals surface area contributed by atoms with Gasteiger partial charge in [0.25, 0.3) is 0 Å². The molecule has 2 aliphatic heterocycles. The normalized spacial score (nSPS) is 29.8. The van der Waals surface area contributed by atoms with Crippen LogP contribution in [0.25, 0.3) is 0 Å². The molecule has 3 fully saturated rings. The first-order chi connectivity index (χ1) is 9.20. The number of fused-ring (bicyclic) bond motifs is 2. The third-order valence-corrected chi connectivity index (χ3v) is 4.46. The van der Waals surface area contributed by atoms with E-state index in [0.717, 1.165) is 30.3 Å². The molecule has 2 unspecified atom stereocenters. The average Bonchev–Trinajstić information content (AvgIpc) is 3.19. The van der Waals surface area contributed by atoms with Crippen LogP contribution in [-0.2, 0) is 4.74 Å². The standard InChI is InChI=1S/C14H20N4O/c1-8-12(15)16-13(9-2-3-9)17-14(8)18-6-10-4-5-11(7-18)19-10/h9-11H,2-7H2,1H3,(H2,15,16,17). The lowest BCUT2D eigenvalue weighted by molar-refractivity contribution is 0.0301. The minimum absolute atomic E-state index is 0.374. The van der Waals surface area contributed by atoms with Crippen molar-refractivity contribution in [2.24, 2.45) is 0 Å². The fraction of sp³-hybridized carbons (Fsp3) is 0.714. The summed E-state index contributed by atoms with van der Waals surface area (Å²) < 4.78 is 5.89. The molecule has 2 bridgehead atoms. The van der Waals surface area contributed by atoms with Crippen LogP contribution in [0.15, 0.2) is 0 Å². The molecular weight excluding hydrogens is 240 g/mol. The van der Waals surface area contributed by atoms with Crippen molar-refractivity contribution in [2.45, 2.75) is 50.7 Å². The molecule has 3 aliphatic rings. The zero-order valence-corrected chi connectivity index (χ0v) is 11.3. The topological polar surface area (TPSA) is 64.3 Å². The molecule has 2 N–H and O–H groups in total. The summed E-state index contributed by atoms with van der Waals surface area (Å²) in [5.74, 6) is 3.16. The van der Waals surface area contributed by atoms with Gasteiger partial charge in [-0.15, -0.1) is 0 Å². The van der Waals surface area contributed by atoms with Gasteiger partial charge in [-0.25, -0.2) is 9.97 Å². The van der Waals surface area contributed by atoms with Crippen molar-refractivity contribution in [1.29, 1.82) is 0 Å². The van der Waals surface area contributed by atoms with Crippen LogP contribution in [0.2, 0.25) is 0 Å². The lowest BCUT2D eigenvalue weighted by Gasteiger charge is -2.34. The number of morpholine rings is 1. The van der Waals surface area contributed by atoms with Crippen molar-refractivity contribution in [2.75, 3.05) is 23.7 Å². The van der Waals surface area contributed by atoms with E-state index in [4.69, 9.17) is 15.5 Å². The van der Waals surface area contributed by atoms with Gasteiger partial charge >= 0.3 is 0 Å². The van der Waals surface area contributed by atoms with Crippen molar-refractivity contribution in [3.05, 3.63) is 11.4 Å². The zero-order valence-electron chi connectivity index (χ0n) is 11.3. The maximum Gasteiger partial charge on any atom is 0.137 e. The van der Waals surface area contributed by atoms with Crippen LogP contribution in [-0.4, -0.2) is 35.3 Å². The summed E-state index contributed by atoms with van der Waals surface area (Å²) in [6.07, 6.45) is 5.51. The Kier molecular flexibility index (Phi) is 2.45. The van der Waals surface area contributed by atoms with Gasteiger partial charge in [0, 0.05) is 24.6 Å². The number of hydrogen-bond donors (Lipinski definition) is 1. The number of nitrogens with two attached hydrogens (primary N) is 1. The second kappa shape index (κ2) is 4.07. The minimum Gasteiger partial charge on any atom is -0.383 e. The Hall–Kier alpha value is -1.36. The molecule has 5 heteroatoms. The van der Waals surface area contributed by atoms with Gasteiger partial charge in [-0.2, -0.15) is 0 Å². The highest BCUT2D eigenvalue weighted by molar-refractivity contribution is 5.57. The fourth-order valence-corrected chi connectivity index (χ4v) is 3.16. The smallest absolute Gasteiger partial charge is 0.137 e. The van der Waals surface area contributed by atoms with Gasteiger partial charge in [-0.3, -0.25) is 0 Å². The maximum absolute atomic E-state index is 6.07. The van der Waals surface area contributed by atoms with E-state index in [1.54, 1.807) is 0 Å². The molecule has 1 saturated carbocycles. The summed E-state index contributed by atoms with van der Waals surface area (Å²) >= 11 is 0. The molecule has 2 saturated heterocycles. The molecule has 102 valence electrons. The minimum atomic E-state index is 0.374. The number of rotatable bonds is 2. The number of nitrogen functional groups attached to an aromatic ring is 1.